The van der Waals surface area contributed by atoms with E-state index in [4.69, 9.17) is 10.8 Å². The van der Waals surface area contributed by atoms with Gasteiger partial charge in [0, 0.05) is 24.2 Å². The number of aryl methyl sites for hydroxylation is 2. The molecule has 0 aliphatic carbocycles. The smallest absolute Gasteiger partial charge is 0.303 e. The summed E-state index contributed by atoms with van der Waals surface area (Å²) in [4.78, 5) is 19.1. The van der Waals surface area contributed by atoms with E-state index < -0.39 is 5.97 Å². The molecule has 2 rings (SSSR count). The van der Waals surface area contributed by atoms with Crippen LogP contribution in [0, 0.1) is 13.8 Å². The Morgan fingerprint density at radius 3 is 2.77 bits per heavy atom. The number of hydrogen-bond donors (Lipinski definition) is 3. The van der Waals surface area contributed by atoms with Gasteiger partial charge in [0.2, 0.25) is 5.95 Å². The molecule has 0 saturated carbocycles. The van der Waals surface area contributed by atoms with E-state index in [1.165, 1.54) is 5.56 Å². The van der Waals surface area contributed by atoms with Crippen LogP contribution in [-0.2, 0) is 17.8 Å². The standard InChI is InChI=1S/C16H20N4O2/c1-10-4-3-5-12(8-10)9-18-15-13(6-7-14(21)22)11(2)19-16(17)20-15/h3-5,8H,6-7,9H2,1-2H3,(H,21,22)(H3,17,18,19,20). The molecule has 0 bridgehead atoms. The third kappa shape index (κ3) is 4.18. The number of carbonyl (C=O) groups is 1. The molecule has 0 atom stereocenters. The monoisotopic (exact) mass is 300 g/mol. The molecule has 4 N–H and O–H groups in total. The van der Waals surface area contributed by atoms with Crippen LogP contribution < -0.4 is 11.1 Å². The molecule has 1 aromatic carbocycles. The summed E-state index contributed by atoms with van der Waals surface area (Å²) >= 11 is 0. The van der Waals surface area contributed by atoms with Gasteiger partial charge in [-0.25, -0.2) is 4.98 Å². The molecule has 1 heterocycles. The van der Waals surface area contributed by atoms with Crippen molar-refractivity contribution in [3.05, 3.63) is 46.6 Å². The summed E-state index contributed by atoms with van der Waals surface area (Å²) in [5.41, 5.74) is 9.51. The van der Waals surface area contributed by atoms with Crippen molar-refractivity contribution >= 4 is 17.7 Å². The second kappa shape index (κ2) is 6.89. The van der Waals surface area contributed by atoms with Crippen LogP contribution in [0.1, 0.15) is 28.8 Å². The summed E-state index contributed by atoms with van der Waals surface area (Å²) in [5.74, 6) is -0.0584. The highest BCUT2D eigenvalue weighted by Gasteiger charge is 2.12. The molecule has 0 fully saturated rings. The van der Waals surface area contributed by atoms with Gasteiger partial charge in [-0.1, -0.05) is 29.8 Å². The van der Waals surface area contributed by atoms with E-state index in [2.05, 4.69) is 21.4 Å². The predicted molar refractivity (Wildman–Crippen MR) is 85.6 cm³/mol. The number of nitrogens with two attached hydrogens (primary N) is 1. The Balaban J connectivity index is 2.19. The number of rotatable bonds is 6. The number of nitrogens with zero attached hydrogens (tertiary/aromatic N) is 2. The molecule has 6 heteroatoms. The van der Waals surface area contributed by atoms with Gasteiger partial charge >= 0.3 is 5.97 Å². The van der Waals surface area contributed by atoms with Crippen LogP contribution in [0.25, 0.3) is 0 Å². The maximum absolute atomic E-state index is 10.8. The average Bonchev–Trinajstić information content (AvgIpc) is 2.43. The van der Waals surface area contributed by atoms with Gasteiger partial charge in [0.1, 0.15) is 5.82 Å². The first-order valence-electron chi connectivity index (χ1n) is 7.10. The van der Waals surface area contributed by atoms with Crippen molar-refractivity contribution in [3.8, 4) is 0 Å². The van der Waals surface area contributed by atoms with Crippen molar-refractivity contribution in [2.45, 2.75) is 33.2 Å². The fourth-order valence-corrected chi connectivity index (χ4v) is 2.30. The zero-order valence-corrected chi connectivity index (χ0v) is 12.8. The molecule has 0 unspecified atom stereocenters. The predicted octanol–water partition coefficient (Wildman–Crippen LogP) is 2.30. The summed E-state index contributed by atoms with van der Waals surface area (Å²) < 4.78 is 0. The largest absolute Gasteiger partial charge is 0.481 e. The molecule has 0 radical (unpaired) electrons. The molecule has 0 saturated heterocycles. The van der Waals surface area contributed by atoms with Gasteiger partial charge in [0.25, 0.3) is 0 Å². The number of hydrogen-bond acceptors (Lipinski definition) is 5. The molecule has 0 amide bonds. The lowest BCUT2D eigenvalue weighted by Crippen LogP contribution is -2.11. The molecule has 6 nitrogen and oxygen atoms in total. The van der Waals surface area contributed by atoms with E-state index in [-0.39, 0.29) is 12.4 Å². The Morgan fingerprint density at radius 2 is 2.09 bits per heavy atom. The SMILES string of the molecule is Cc1cccc(CNc2nc(N)nc(C)c2CCC(=O)O)c1. The van der Waals surface area contributed by atoms with Crippen LogP contribution in [0.2, 0.25) is 0 Å². The quantitative estimate of drug-likeness (QED) is 0.756. The first-order chi connectivity index (χ1) is 10.5. The highest BCUT2D eigenvalue weighted by atomic mass is 16.4. The van der Waals surface area contributed by atoms with Crippen LogP contribution in [0.15, 0.2) is 24.3 Å². The lowest BCUT2D eigenvalue weighted by molar-refractivity contribution is -0.136. The number of carboxylic acids is 1. The molecule has 0 aliphatic rings. The molecule has 116 valence electrons. The first-order valence-corrected chi connectivity index (χ1v) is 7.10. The number of aliphatic carboxylic acids is 1. The van der Waals surface area contributed by atoms with E-state index in [1.54, 1.807) is 0 Å². The van der Waals surface area contributed by atoms with Crippen LogP contribution in [0.3, 0.4) is 0 Å². The summed E-state index contributed by atoms with van der Waals surface area (Å²) in [7, 11) is 0. The molecule has 0 aliphatic heterocycles. The zero-order valence-electron chi connectivity index (χ0n) is 12.8. The molecular formula is C16H20N4O2. The Morgan fingerprint density at radius 1 is 1.32 bits per heavy atom. The lowest BCUT2D eigenvalue weighted by Gasteiger charge is -2.13. The second-order valence-electron chi connectivity index (χ2n) is 5.23. The molecule has 2 aromatic rings. The summed E-state index contributed by atoms with van der Waals surface area (Å²) in [6.07, 6.45) is 0.408. The van der Waals surface area contributed by atoms with Crippen LogP contribution >= 0.6 is 0 Å². The van der Waals surface area contributed by atoms with Crippen molar-refractivity contribution in [3.63, 3.8) is 0 Å². The van der Waals surface area contributed by atoms with Crippen molar-refractivity contribution in [1.29, 1.82) is 0 Å². The molecule has 22 heavy (non-hydrogen) atoms. The van der Waals surface area contributed by atoms with Crippen molar-refractivity contribution < 1.29 is 9.90 Å². The summed E-state index contributed by atoms with van der Waals surface area (Å²) in [6, 6.07) is 8.14. The molecule has 1 aromatic heterocycles. The highest BCUT2D eigenvalue weighted by Crippen LogP contribution is 2.20. The number of aromatic nitrogens is 2. The second-order valence-corrected chi connectivity index (χ2v) is 5.23. The van der Waals surface area contributed by atoms with E-state index >= 15 is 0 Å². The van der Waals surface area contributed by atoms with E-state index in [0.29, 0.717) is 24.5 Å². The maximum Gasteiger partial charge on any atom is 0.303 e. The van der Waals surface area contributed by atoms with Crippen LogP contribution in [-0.4, -0.2) is 21.0 Å². The number of anilines is 2. The number of carboxylic acid groups (broad SMARTS) is 1. The lowest BCUT2D eigenvalue weighted by atomic mass is 10.1. The topological polar surface area (TPSA) is 101 Å². The Hall–Kier alpha value is -2.63. The average molecular weight is 300 g/mol. The first kappa shape index (κ1) is 15.8. The van der Waals surface area contributed by atoms with Gasteiger partial charge in [-0.05, 0) is 25.8 Å². The zero-order chi connectivity index (χ0) is 16.1. The van der Waals surface area contributed by atoms with E-state index in [9.17, 15) is 4.79 Å². The van der Waals surface area contributed by atoms with Crippen molar-refractivity contribution in [2.75, 3.05) is 11.1 Å². The van der Waals surface area contributed by atoms with Gasteiger partial charge in [-0.3, -0.25) is 4.79 Å². The molecule has 0 spiro atoms. The number of nitrogens with one attached hydrogen (secondary N) is 1. The fraction of sp³-hybridized carbons (Fsp3) is 0.312. The maximum atomic E-state index is 10.8. The third-order valence-electron chi connectivity index (χ3n) is 3.36. The minimum absolute atomic E-state index is 0.0350. The summed E-state index contributed by atoms with van der Waals surface area (Å²) in [5, 5.41) is 12.1. The number of nitrogen functional groups attached to an aromatic ring is 1. The van der Waals surface area contributed by atoms with Gasteiger partial charge in [0.15, 0.2) is 0 Å². The highest BCUT2D eigenvalue weighted by molar-refractivity contribution is 5.67. The Kier molecular flexibility index (Phi) is 4.93. The summed E-state index contributed by atoms with van der Waals surface area (Å²) in [6.45, 7) is 4.44. The minimum atomic E-state index is -0.846. The molecular weight excluding hydrogens is 280 g/mol. The van der Waals surface area contributed by atoms with Gasteiger partial charge < -0.3 is 16.2 Å². The van der Waals surface area contributed by atoms with Crippen molar-refractivity contribution in [2.24, 2.45) is 0 Å². The van der Waals surface area contributed by atoms with E-state index in [1.807, 2.05) is 32.0 Å². The fourth-order valence-electron chi connectivity index (χ4n) is 2.30. The Labute approximate surface area is 129 Å². The van der Waals surface area contributed by atoms with Gasteiger partial charge in [-0.2, -0.15) is 4.98 Å². The van der Waals surface area contributed by atoms with E-state index in [0.717, 1.165) is 11.1 Å². The minimum Gasteiger partial charge on any atom is -0.481 e. The Bertz CT molecular complexity index is 686. The van der Waals surface area contributed by atoms with Crippen LogP contribution in [0.4, 0.5) is 11.8 Å². The van der Waals surface area contributed by atoms with Gasteiger partial charge in [-0.15, -0.1) is 0 Å². The number of benzene rings is 1. The van der Waals surface area contributed by atoms with Crippen molar-refractivity contribution in [1.82, 2.24) is 9.97 Å². The third-order valence-corrected chi connectivity index (χ3v) is 3.36. The van der Waals surface area contributed by atoms with Gasteiger partial charge in [0.05, 0.1) is 0 Å². The normalized spacial score (nSPS) is 10.5. The van der Waals surface area contributed by atoms with Crippen LogP contribution in [0.5, 0.6) is 0 Å².